The van der Waals surface area contributed by atoms with Crippen LogP contribution in [0.4, 0.5) is 16.2 Å². The highest BCUT2D eigenvalue weighted by molar-refractivity contribution is 7.99. The lowest BCUT2D eigenvalue weighted by atomic mass is 9.98. The second-order valence-corrected chi connectivity index (χ2v) is 9.63. The third-order valence-electron chi connectivity index (χ3n) is 5.77. The van der Waals surface area contributed by atoms with E-state index < -0.39 is 18.0 Å². The van der Waals surface area contributed by atoms with Crippen LogP contribution in [0.2, 0.25) is 5.02 Å². The smallest absolute Gasteiger partial charge is 0.320 e. The summed E-state index contributed by atoms with van der Waals surface area (Å²) < 4.78 is 0. The fraction of sp³-hybridized carbons (Fsp3) is 0.192. The molecule has 0 spiro atoms. The molecule has 3 aromatic rings. The van der Waals surface area contributed by atoms with E-state index in [0.29, 0.717) is 33.4 Å². The second kappa shape index (κ2) is 10.8. The van der Waals surface area contributed by atoms with Crippen LogP contribution in [-0.2, 0) is 4.79 Å². The van der Waals surface area contributed by atoms with Crippen LogP contribution < -0.4 is 16.0 Å². The number of hydrogen-bond acceptors (Lipinski definition) is 4. The van der Waals surface area contributed by atoms with Crippen LogP contribution in [0, 0.1) is 6.92 Å². The van der Waals surface area contributed by atoms with Gasteiger partial charge in [-0.2, -0.15) is 0 Å². The number of anilines is 2. The highest BCUT2D eigenvalue weighted by Crippen LogP contribution is 2.31. The number of nitrogens with one attached hydrogen (secondary N) is 1. The summed E-state index contributed by atoms with van der Waals surface area (Å²) in [6.07, 6.45) is 0. The van der Waals surface area contributed by atoms with Crippen molar-refractivity contribution in [2.24, 2.45) is 5.73 Å². The van der Waals surface area contributed by atoms with Gasteiger partial charge in [-0.1, -0.05) is 35.9 Å². The molecule has 7 nitrogen and oxygen atoms in total. The maximum Gasteiger partial charge on any atom is 0.320 e. The number of thioether (sulfide) groups is 1. The zero-order valence-electron chi connectivity index (χ0n) is 19.1. The van der Waals surface area contributed by atoms with E-state index in [-0.39, 0.29) is 5.91 Å². The molecule has 1 unspecified atom stereocenters. The lowest BCUT2D eigenvalue weighted by Crippen LogP contribution is -2.44. The second-order valence-electron chi connectivity index (χ2n) is 8.12. The number of primary amides is 1. The fourth-order valence-electron chi connectivity index (χ4n) is 3.96. The number of rotatable bonds is 6. The molecule has 1 fully saturated rings. The number of amides is 4. The first-order valence-electron chi connectivity index (χ1n) is 11.0. The minimum Gasteiger partial charge on any atom is -0.351 e. The Bertz CT molecular complexity index is 1230. The summed E-state index contributed by atoms with van der Waals surface area (Å²) in [5.74, 6) is 1.14. The molecule has 4 amide bonds. The predicted octanol–water partition coefficient (Wildman–Crippen LogP) is 5.06. The largest absolute Gasteiger partial charge is 0.351 e. The van der Waals surface area contributed by atoms with E-state index in [2.05, 4.69) is 5.32 Å². The molecule has 1 heterocycles. The Morgan fingerprint density at radius 1 is 1.03 bits per heavy atom. The number of carbonyl (C=O) groups excluding carboxylic acids is 3. The normalized spacial score (nSPS) is 13.8. The van der Waals surface area contributed by atoms with Gasteiger partial charge in [0.1, 0.15) is 6.04 Å². The summed E-state index contributed by atoms with van der Waals surface area (Å²) in [5, 5.41) is 3.37. The van der Waals surface area contributed by atoms with Gasteiger partial charge in [0, 0.05) is 34.3 Å². The van der Waals surface area contributed by atoms with E-state index in [4.69, 9.17) is 17.3 Å². The van der Waals surface area contributed by atoms with Gasteiger partial charge in [0.15, 0.2) is 0 Å². The highest BCUT2D eigenvalue weighted by Gasteiger charge is 2.33. The van der Waals surface area contributed by atoms with Crippen LogP contribution in [0.3, 0.4) is 0 Å². The Morgan fingerprint density at radius 2 is 1.71 bits per heavy atom. The third-order valence-corrected chi connectivity index (χ3v) is 6.99. The molecule has 0 aromatic heterocycles. The summed E-state index contributed by atoms with van der Waals surface area (Å²) >= 11 is 7.74. The van der Waals surface area contributed by atoms with Crippen molar-refractivity contribution < 1.29 is 14.4 Å². The molecule has 3 N–H and O–H groups in total. The zero-order valence-corrected chi connectivity index (χ0v) is 20.7. The van der Waals surface area contributed by atoms with Crippen LogP contribution in [0.1, 0.15) is 27.5 Å². The molecule has 35 heavy (non-hydrogen) atoms. The standard InChI is InChI=1S/C26H25ClN4O3S/c1-17-4-2-3-5-22(17)23(31(26(28)34)21-12-8-19(27)9-13-21)24(32)29-20-10-6-18(7-11-20)25(33)30-14-15-35-16-30/h2-13,23H,14-16H2,1H3,(H2,28,34)(H,29,32). The van der Waals surface area contributed by atoms with Crippen LogP contribution in [0.5, 0.6) is 0 Å². The molecular weight excluding hydrogens is 484 g/mol. The Hall–Kier alpha value is -3.49. The average molecular weight is 509 g/mol. The maximum atomic E-state index is 13.6. The average Bonchev–Trinajstić information content (AvgIpc) is 3.39. The number of urea groups is 1. The van der Waals surface area contributed by atoms with Crippen LogP contribution >= 0.6 is 23.4 Å². The third kappa shape index (κ3) is 5.61. The molecule has 3 aromatic carbocycles. The SMILES string of the molecule is Cc1ccccc1C(C(=O)Nc1ccc(C(=O)N2CCSC2)cc1)N(C(N)=O)c1ccc(Cl)cc1. The maximum absolute atomic E-state index is 13.6. The van der Waals surface area contributed by atoms with Crippen LogP contribution in [0.15, 0.2) is 72.8 Å². The van der Waals surface area contributed by atoms with E-state index in [0.717, 1.165) is 17.9 Å². The molecule has 180 valence electrons. The molecule has 4 rings (SSSR count). The Balaban J connectivity index is 1.64. The summed E-state index contributed by atoms with van der Waals surface area (Å²) in [6, 6.07) is 18.8. The van der Waals surface area contributed by atoms with E-state index in [1.54, 1.807) is 77.3 Å². The number of halogens is 1. The molecule has 0 saturated carbocycles. The van der Waals surface area contributed by atoms with Crippen molar-refractivity contribution in [1.29, 1.82) is 0 Å². The van der Waals surface area contributed by atoms with Crippen molar-refractivity contribution in [1.82, 2.24) is 4.90 Å². The minimum atomic E-state index is -1.03. The molecule has 1 saturated heterocycles. The number of carbonyl (C=O) groups is 3. The van der Waals surface area contributed by atoms with E-state index in [1.165, 1.54) is 4.90 Å². The monoisotopic (exact) mass is 508 g/mol. The molecule has 0 aliphatic carbocycles. The first-order valence-corrected chi connectivity index (χ1v) is 12.6. The number of hydrogen-bond donors (Lipinski definition) is 2. The van der Waals surface area contributed by atoms with Crippen molar-refractivity contribution in [3.63, 3.8) is 0 Å². The van der Waals surface area contributed by atoms with Gasteiger partial charge in [0.05, 0.1) is 5.88 Å². The number of benzene rings is 3. The Labute approximate surface area is 213 Å². The number of nitrogens with two attached hydrogens (primary N) is 1. The van der Waals surface area contributed by atoms with E-state index in [1.807, 2.05) is 19.1 Å². The van der Waals surface area contributed by atoms with Gasteiger partial charge in [0.25, 0.3) is 11.8 Å². The lowest BCUT2D eigenvalue weighted by Gasteiger charge is -2.31. The highest BCUT2D eigenvalue weighted by atomic mass is 35.5. The predicted molar refractivity (Wildman–Crippen MR) is 141 cm³/mol. The van der Waals surface area contributed by atoms with Crippen LogP contribution in [0.25, 0.3) is 0 Å². The summed E-state index contributed by atoms with van der Waals surface area (Å²) in [6.45, 7) is 2.60. The molecule has 1 aliphatic rings. The lowest BCUT2D eigenvalue weighted by molar-refractivity contribution is -0.117. The molecule has 1 aliphatic heterocycles. The molecule has 0 radical (unpaired) electrons. The zero-order chi connectivity index (χ0) is 24.9. The van der Waals surface area contributed by atoms with Gasteiger partial charge in [-0.3, -0.25) is 14.5 Å². The van der Waals surface area contributed by atoms with Gasteiger partial charge in [-0.25, -0.2) is 4.79 Å². The minimum absolute atomic E-state index is 0.0340. The summed E-state index contributed by atoms with van der Waals surface area (Å²) in [4.78, 5) is 41.9. The van der Waals surface area contributed by atoms with Gasteiger partial charge < -0.3 is 16.0 Å². The van der Waals surface area contributed by atoms with Gasteiger partial charge >= 0.3 is 6.03 Å². The Morgan fingerprint density at radius 3 is 2.31 bits per heavy atom. The molecular formula is C26H25ClN4O3S. The van der Waals surface area contributed by atoms with E-state index >= 15 is 0 Å². The van der Waals surface area contributed by atoms with E-state index in [9.17, 15) is 14.4 Å². The number of aryl methyl sites for hydroxylation is 1. The van der Waals surface area contributed by atoms with Gasteiger partial charge in [-0.15, -0.1) is 11.8 Å². The topological polar surface area (TPSA) is 95.7 Å². The first kappa shape index (κ1) is 24.6. The number of nitrogens with zero attached hydrogens (tertiary/aromatic N) is 2. The van der Waals surface area contributed by atoms with Gasteiger partial charge in [0.2, 0.25) is 0 Å². The van der Waals surface area contributed by atoms with Crippen molar-refractivity contribution in [2.75, 3.05) is 28.4 Å². The Kier molecular flexibility index (Phi) is 7.63. The molecule has 0 bridgehead atoms. The molecule has 9 heteroatoms. The van der Waals surface area contributed by atoms with Crippen molar-refractivity contribution in [3.05, 3.63) is 94.5 Å². The van der Waals surface area contributed by atoms with Crippen molar-refractivity contribution in [3.8, 4) is 0 Å². The van der Waals surface area contributed by atoms with Gasteiger partial charge in [-0.05, 0) is 66.6 Å². The quantitative estimate of drug-likeness (QED) is 0.486. The molecule has 1 atom stereocenters. The fourth-order valence-corrected chi connectivity index (χ4v) is 5.03. The van der Waals surface area contributed by atoms with Crippen molar-refractivity contribution in [2.45, 2.75) is 13.0 Å². The first-order chi connectivity index (χ1) is 16.8. The van der Waals surface area contributed by atoms with Crippen LogP contribution in [-0.4, -0.2) is 40.9 Å². The van der Waals surface area contributed by atoms with Crippen molar-refractivity contribution >= 4 is 52.6 Å². The summed E-state index contributed by atoms with van der Waals surface area (Å²) in [5.41, 5.74) is 8.73. The summed E-state index contributed by atoms with van der Waals surface area (Å²) in [7, 11) is 0.